The van der Waals surface area contributed by atoms with Gasteiger partial charge in [-0.15, -0.1) is 0 Å². The van der Waals surface area contributed by atoms with E-state index in [0.717, 1.165) is 23.3 Å². The van der Waals surface area contributed by atoms with Crippen LogP contribution in [0, 0.1) is 0 Å². The zero-order chi connectivity index (χ0) is 6.74. The van der Waals surface area contributed by atoms with Crippen LogP contribution in [0.2, 0.25) is 0 Å². The lowest BCUT2D eigenvalue weighted by Crippen LogP contribution is -2.53. The lowest BCUT2D eigenvalue weighted by atomic mass is 10.2. The molecule has 1 aliphatic heterocycles. The lowest BCUT2D eigenvalue weighted by Gasteiger charge is -2.33. The van der Waals surface area contributed by atoms with Crippen molar-refractivity contribution in [2.75, 3.05) is 6.61 Å². The zero-order valence-corrected chi connectivity index (χ0v) is 8.31. The summed E-state index contributed by atoms with van der Waals surface area (Å²) in [5.74, 6) is 5.30. The molecule has 0 aromatic carbocycles. The zero-order valence-electron chi connectivity index (χ0n) is 6.31. The van der Waals surface area contributed by atoms with E-state index in [-0.39, 0.29) is 10.8 Å². The molecular weight excluding hydrogens is 148 g/mol. The highest BCUT2D eigenvalue weighted by Crippen LogP contribution is 2.17. The molecule has 5 N–H and O–H groups in total. The summed E-state index contributed by atoms with van der Waals surface area (Å²) in [7, 11) is 0.972. The summed E-state index contributed by atoms with van der Waals surface area (Å²) < 4.78 is 5.44. The molecule has 0 amide bonds. The predicted octanol–water partition coefficient (Wildman–Crippen LogP) is -2.16. The van der Waals surface area contributed by atoms with E-state index in [4.69, 9.17) is 10.6 Å². The van der Waals surface area contributed by atoms with Gasteiger partial charge in [-0.25, -0.2) is 5.43 Å². The van der Waals surface area contributed by atoms with Crippen LogP contribution in [0.4, 0.5) is 0 Å². The third-order valence-electron chi connectivity index (χ3n) is 1.77. The Morgan fingerprint density at radius 2 is 2.20 bits per heavy atom. The van der Waals surface area contributed by atoms with E-state index in [1.165, 1.54) is 12.8 Å². The summed E-state index contributed by atoms with van der Waals surface area (Å²) in [6, 6.07) is 0. The summed E-state index contributed by atoms with van der Waals surface area (Å²) >= 11 is 0. The second kappa shape index (κ2) is 4.04. The van der Waals surface area contributed by atoms with Crippen LogP contribution in [-0.2, 0) is 4.74 Å². The SMILES string of the molecule is NNC1([SiH3])CCCCO1.O. The molecule has 1 unspecified atom stereocenters. The molecule has 1 fully saturated rings. The van der Waals surface area contributed by atoms with E-state index in [1.54, 1.807) is 0 Å². The first-order valence-corrected chi connectivity index (χ1v) is 4.39. The standard InChI is InChI=1S/C5H14N2OSi.H2O/c6-7-5(9)3-1-2-4-8-5;/h7H,1-4,6H2,9H3;1H2. The number of nitrogens with two attached hydrogens (primary N) is 1. The van der Waals surface area contributed by atoms with Gasteiger partial charge in [0.05, 0.1) is 10.2 Å². The highest BCUT2D eigenvalue weighted by molar-refractivity contribution is 6.14. The van der Waals surface area contributed by atoms with E-state index in [1.807, 2.05) is 0 Å². The topological polar surface area (TPSA) is 78.8 Å². The Hall–Kier alpha value is 0.0569. The van der Waals surface area contributed by atoms with Gasteiger partial charge in [0, 0.05) is 6.61 Å². The molecule has 0 aliphatic carbocycles. The number of hydrogen-bond donors (Lipinski definition) is 2. The highest BCUT2D eigenvalue weighted by atomic mass is 28.1. The molecule has 1 atom stereocenters. The Bertz CT molecular complexity index is 95.6. The summed E-state index contributed by atoms with van der Waals surface area (Å²) in [6.45, 7) is 0.869. The molecule has 62 valence electrons. The molecule has 0 spiro atoms. The summed E-state index contributed by atoms with van der Waals surface area (Å²) in [6.07, 6.45) is 3.51. The molecule has 0 bridgehead atoms. The van der Waals surface area contributed by atoms with Gasteiger partial charge < -0.3 is 10.2 Å². The average molecular weight is 164 g/mol. The number of nitrogens with one attached hydrogen (secondary N) is 1. The molecule has 1 aliphatic rings. The van der Waals surface area contributed by atoms with E-state index in [9.17, 15) is 0 Å². The minimum Gasteiger partial charge on any atom is -0.412 e. The molecule has 0 saturated carbocycles. The molecule has 10 heavy (non-hydrogen) atoms. The third kappa shape index (κ3) is 2.35. The van der Waals surface area contributed by atoms with Gasteiger partial charge >= 0.3 is 0 Å². The monoisotopic (exact) mass is 164 g/mol. The van der Waals surface area contributed by atoms with Gasteiger partial charge in [-0.1, -0.05) is 0 Å². The van der Waals surface area contributed by atoms with Crippen molar-refractivity contribution in [3.8, 4) is 0 Å². The molecule has 5 heteroatoms. The fourth-order valence-electron chi connectivity index (χ4n) is 1.05. The van der Waals surface area contributed by atoms with Crippen molar-refractivity contribution in [1.82, 2.24) is 5.43 Å². The first kappa shape index (κ1) is 10.1. The highest BCUT2D eigenvalue weighted by Gasteiger charge is 2.24. The second-order valence-electron chi connectivity index (χ2n) is 2.68. The Balaban J connectivity index is 0.000000810. The van der Waals surface area contributed by atoms with E-state index in [0.29, 0.717) is 0 Å². The van der Waals surface area contributed by atoms with Crippen LogP contribution in [0.1, 0.15) is 19.3 Å². The second-order valence-corrected chi connectivity index (χ2v) is 4.30. The van der Waals surface area contributed by atoms with Gasteiger partial charge in [0.15, 0.2) is 0 Å². The van der Waals surface area contributed by atoms with Crippen molar-refractivity contribution in [1.29, 1.82) is 0 Å². The molecule has 1 saturated heterocycles. The van der Waals surface area contributed by atoms with Crippen molar-refractivity contribution in [2.45, 2.75) is 24.6 Å². The summed E-state index contributed by atoms with van der Waals surface area (Å²) in [5.41, 5.74) is 2.72. The van der Waals surface area contributed by atoms with E-state index < -0.39 is 0 Å². The minimum absolute atomic E-state index is 0. The van der Waals surface area contributed by atoms with Crippen LogP contribution >= 0.6 is 0 Å². The van der Waals surface area contributed by atoms with Crippen LogP contribution in [-0.4, -0.2) is 27.7 Å². The van der Waals surface area contributed by atoms with E-state index in [2.05, 4.69) is 5.43 Å². The summed E-state index contributed by atoms with van der Waals surface area (Å²) in [4.78, 5) is 0. The smallest absolute Gasteiger partial charge is 0.106 e. The lowest BCUT2D eigenvalue weighted by molar-refractivity contribution is -0.0399. The fourth-order valence-corrected chi connectivity index (χ4v) is 1.61. The van der Waals surface area contributed by atoms with Crippen molar-refractivity contribution in [2.24, 2.45) is 5.84 Å². The normalized spacial score (nSPS) is 33.3. The molecule has 0 aromatic heterocycles. The van der Waals surface area contributed by atoms with Crippen LogP contribution in [0.25, 0.3) is 0 Å². The summed E-state index contributed by atoms with van der Waals surface area (Å²) in [5, 5.41) is -0.113. The number of rotatable bonds is 1. The van der Waals surface area contributed by atoms with Gasteiger partial charge in [-0.2, -0.15) is 0 Å². The maximum Gasteiger partial charge on any atom is 0.106 e. The molecule has 1 rings (SSSR count). The number of hydrogen-bond acceptors (Lipinski definition) is 3. The Morgan fingerprint density at radius 3 is 2.50 bits per heavy atom. The van der Waals surface area contributed by atoms with Crippen LogP contribution < -0.4 is 11.3 Å². The van der Waals surface area contributed by atoms with Crippen LogP contribution in [0.5, 0.6) is 0 Å². The Morgan fingerprint density at radius 1 is 1.50 bits per heavy atom. The number of hydrazine groups is 1. The average Bonchev–Trinajstić information content (AvgIpc) is 1.90. The minimum atomic E-state index is -0.113. The van der Waals surface area contributed by atoms with Crippen molar-refractivity contribution in [3.63, 3.8) is 0 Å². The number of ether oxygens (including phenoxy) is 1. The molecule has 0 aromatic rings. The van der Waals surface area contributed by atoms with E-state index >= 15 is 0 Å². The van der Waals surface area contributed by atoms with Gasteiger partial charge in [0.1, 0.15) is 5.35 Å². The quantitative estimate of drug-likeness (QED) is 0.263. The van der Waals surface area contributed by atoms with Gasteiger partial charge in [0.2, 0.25) is 0 Å². The first-order chi connectivity index (χ1) is 4.27. The van der Waals surface area contributed by atoms with Gasteiger partial charge in [0.25, 0.3) is 0 Å². The third-order valence-corrected chi connectivity index (χ3v) is 2.85. The van der Waals surface area contributed by atoms with Crippen molar-refractivity contribution in [3.05, 3.63) is 0 Å². The first-order valence-electron chi connectivity index (χ1n) is 3.39. The largest absolute Gasteiger partial charge is 0.412 e. The predicted molar refractivity (Wildman–Crippen MR) is 43.4 cm³/mol. The van der Waals surface area contributed by atoms with Gasteiger partial charge in [-0.3, -0.25) is 5.84 Å². The Labute approximate surface area is 63.8 Å². The maximum atomic E-state index is 5.44. The molecule has 0 radical (unpaired) electrons. The van der Waals surface area contributed by atoms with Gasteiger partial charge in [-0.05, 0) is 19.3 Å². The fraction of sp³-hybridized carbons (Fsp3) is 1.00. The van der Waals surface area contributed by atoms with Crippen LogP contribution in [0.3, 0.4) is 0 Å². The van der Waals surface area contributed by atoms with Crippen LogP contribution in [0.15, 0.2) is 0 Å². The maximum absolute atomic E-state index is 5.44. The Kier molecular flexibility index (Phi) is 4.07. The molecule has 1 heterocycles. The van der Waals surface area contributed by atoms with Crippen molar-refractivity contribution >= 4 is 10.2 Å². The van der Waals surface area contributed by atoms with Crippen molar-refractivity contribution < 1.29 is 10.2 Å². The molecule has 4 nitrogen and oxygen atoms in total. The molecular formula is C5H16N2O2Si.